The molecule has 0 fully saturated rings. The van der Waals surface area contributed by atoms with Gasteiger partial charge >= 0.3 is 12.1 Å². The monoisotopic (exact) mass is 506 g/mol. The summed E-state index contributed by atoms with van der Waals surface area (Å²) in [5.41, 5.74) is 27.3. The number of carbonyl (C=O) groups is 2. The summed E-state index contributed by atoms with van der Waals surface area (Å²) in [5.74, 6) is 0. The highest BCUT2D eigenvalue weighted by atomic mass is 16.2. The molecule has 0 spiro atoms. The van der Waals surface area contributed by atoms with Crippen LogP contribution in [0.3, 0.4) is 0 Å². The van der Waals surface area contributed by atoms with Crippen LogP contribution in [0.25, 0.3) is 0 Å². The third-order valence-electron chi connectivity index (χ3n) is 6.86. The maximum absolute atomic E-state index is 11.2. The molecule has 0 radical (unpaired) electrons. The van der Waals surface area contributed by atoms with E-state index in [9.17, 15) is 9.59 Å². The van der Waals surface area contributed by atoms with Crippen LogP contribution in [-0.4, -0.2) is 24.5 Å². The summed E-state index contributed by atoms with van der Waals surface area (Å²) < 4.78 is 0. The minimum Gasteiger partial charge on any atom is -0.350 e. The van der Waals surface area contributed by atoms with E-state index in [4.69, 9.17) is 11.5 Å². The molecule has 0 saturated carbocycles. The molecule has 0 heterocycles. The van der Waals surface area contributed by atoms with Crippen LogP contribution in [0.4, 0.5) is 9.59 Å². The molecule has 2 aromatic carbocycles. The highest BCUT2D eigenvalue weighted by Crippen LogP contribution is 2.32. The first kappa shape index (κ1) is 29.5. The number of amides is 4. The van der Waals surface area contributed by atoms with E-state index < -0.39 is 12.1 Å². The van der Waals surface area contributed by atoms with Crippen molar-refractivity contribution in [3.63, 3.8) is 0 Å². The smallest absolute Gasteiger partial charge is 0.332 e. The molecule has 2 rings (SSSR count). The Morgan fingerprint density at radius 2 is 0.973 bits per heavy atom. The first-order valence-electron chi connectivity index (χ1n) is 13.3. The third-order valence-corrected chi connectivity index (χ3v) is 6.86. The van der Waals surface area contributed by atoms with E-state index in [0.717, 1.165) is 56.1 Å². The maximum atomic E-state index is 11.2. The molecule has 0 unspecified atom stereocenters. The lowest BCUT2D eigenvalue weighted by molar-refractivity contribution is 0.248. The second-order valence-corrected chi connectivity index (χ2v) is 8.90. The summed E-state index contributed by atoms with van der Waals surface area (Å²) in [5, 5.41) is 8.21. The first-order chi connectivity index (χ1) is 17.8. The topological polar surface area (TPSA) is 135 Å². The Kier molecular flexibility index (Phi) is 11.3. The van der Waals surface area contributed by atoms with Crippen LogP contribution in [-0.2, 0) is 44.9 Å². The average Bonchev–Trinajstić information content (AvgIpc) is 2.88. The van der Waals surface area contributed by atoms with Gasteiger partial charge in [0.05, 0.1) is 12.4 Å². The molecule has 2 aromatic rings. The molecule has 0 aromatic heterocycles. The number of nitrogens with zero attached hydrogens (tertiary/aromatic N) is 2. The molecule has 0 aliphatic heterocycles. The standard InChI is InChI=1S/C29H42N6O2/c1-7-18-13-20(9-3)26(16-32-34-28(30)36)22(11-5)24(18)15-25-19(8-2)14-21(10-4)27(23(25)12-6)17-33-35-29(31)37/h13-14,16-17H,7-12,15H2,1-6H3,(H3,30,34,36)(H3,31,35,37)/b32-16-,33-17-. The van der Waals surface area contributed by atoms with Crippen molar-refractivity contribution in [1.29, 1.82) is 0 Å². The van der Waals surface area contributed by atoms with Crippen LogP contribution < -0.4 is 22.3 Å². The van der Waals surface area contributed by atoms with Crippen molar-refractivity contribution in [2.45, 2.75) is 86.5 Å². The summed E-state index contributed by atoms with van der Waals surface area (Å²) in [6.07, 6.45) is 9.44. The summed E-state index contributed by atoms with van der Waals surface area (Å²) >= 11 is 0. The van der Waals surface area contributed by atoms with E-state index in [1.54, 1.807) is 12.4 Å². The maximum Gasteiger partial charge on any atom is 0.332 e. The lowest BCUT2D eigenvalue weighted by Crippen LogP contribution is -2.24. The molecule has 8 heteroatoms. The molecule has 8 nitrogen and oxygen atoms in total. The van der Waals surface area contributed by atoms with Crippen molar-refractivity contribution < 1.29 is 9.59 Å². The van der Waals surface area contributed by atoms with Crippen LogP contribution in [0.1, 0.15) is 97.2 Å². The van der Waals surface area contributed by atoms with Gasteiger partial charge in [0.15, 0.2) is 0 Å². The van der Waals surface area contributed by atoms with Crippen LogP contribution in [0, 0.1) is 0 Å². The summed E-state index contributed by atoms with van der Waals surface area (Å²) in [7, 11) is 0. The summed E-state index contributed by atoms with van der Waals surface area (Å²) in [4.78, 5) is 22.4. The number of hydrogen-bond acceptors (Lipinski definition) is 4. The Morgan fingerprint density at radius 3 is 1.24 bits per heavy atom. The number of hydrogen-bond donors (Lipinski definition) is 4. The zero-order valence-corrected chi connectivity index (χ0v) is 23.1. The number of primary amides is 2. The fourth-order valence-electron chi connectivity index (χ4n) is 5.13. The van der Waals surface area contributed by atoms with Gasteiger partial charge in [0.2, 0.25) is 0 Å². The molecule has 0 aliphatic rings. The number of carbonyl (C=O) groups excluding carboxylic acids is 2. The number of nitrogens with two attached hydrogens (primary N) is 2. The molecule has 0 saturated heterocycles. The predicted octanol–water partition coefficient (Wildman–Crippen LogP) is 4.66. The van der Waals surface area contributed by atoms with Gasteiger partial charge in [-0.3, -0.25) is 0 Å². The Balaban J connectivity index is 2.82. The molecule has 200 valence electrons. The van der Waals surface area contributed by atoms with Gasteiger partial charge in [0.25, 0.3) is 0 Å². The molecular formula is C29H42N6O2. The number of aryl methyl sites for hydroxylation is 4. The van der Waals surface area contributed by atoms with E-state index in [2.05, 4.69) is 74.7 Å². The van der Waals surface area contributed by atoms with Gasteiger partial charge in [-0.05, 0) is 89.5 Å². The van der Waals surface area contributed by atoms with Gasteiger partial charge in [-0.25, -0.2) is 20.4 Å². The minimum atomic E-state index is -0.686. The Morgan fingerprint density at radius 1 is 0.622 bits per heavy atom. The fraction of sp³-hybridized carbons (Fsp3) is 0.448. The Labute approximate surface area is 221 Å². The normalized spacial score (nSPS) is 11.4. The van der Waals surface area contributed by atoms with Gasteiger partial charge in [-0.1, -0.05) is 53.7 Å². The molecule has 37 heavy (non-hydrogen) atoms. The first-order valence-corrected chi connectivity index (χ1v) is 13.3. The van der Waals surface area contributed by atoms with E-state index in [-0.39, 0.29) is 0 Å². The number of nitrogens with one attached hydrogen (secondary N) is 2. The number of hydrazone groups is 2. The molecule has 0 aliphatic carbocycles. The lowest BCUT2D eigenvalue weighted by atomic mass is 9.81. The summed E-state index contributed by atoms with van der Waals surface area (Å²) in [6, 6.07) is 3.18. The minimum absolute atomic E-state index is 0.686. The van der Waals surface area contributed by atoms with Gasteiger partial charge in [-0.15, -0.1) is 0 Å². The van der Waals surface area contributed by atoms with Crippen molar-refractivity contribution in [3.05, 3.63) is 67.8 Å². The zero-order chi connectivity index (χ0) is 27.5. The second kappa shape index (κ2) is 14.2. The largest absolute Gasteiger partial charge is 0.350 e. The highest BCUT2D eigenvalue weighted by Gasteiger charge is 2.20. The molecule has 0 atom stereocenters. The highest BCUT2D eigenvalue weighted by molar-refractivity contribution is 5.87. The summed E-state index contributed by atoms with van der Waals surface area (Å²) in [6.45, 7) is 13.0. The van der Waals surface area contributed by atoms with Crippen molar-refractivity contribution in [2.75, 3.05) is 0 Å². The average molecular weight is 507 g/mol. The van der Waals surface area contributed by atoms with Gasteiger partial charge in [-0.2, -0.15) is 10.2 Å². The number of benzene rings is 2. The lowest BCUT2D eigenvalue weighted by Gasteiger charge is -2.24. The molecule has 4 amide bonds. The SMILES string of the molecule is CCc1cc(CC)c(Cc2c(CC)cc(CC)c(/C=N\NC(N)=O)c2CC)c(CC)c1/C=N\NC(N)=O. The van der Waals surface area contributed by atoms with E-state index in [0.29, 0.717) is 0 Å². The third kappa shape index (κ3) is 7.18. The Hall–Kier alpha value is -3.68. The van der Waals surface area contributed by atoms with Crippen LogP contribution in [0.15, 0.2) is 22.3 Å². The zero-order valence-electron chi connectivity index (χ0n) is 23.1. The molecule has 6 N–H and O–H groups in total. The van der Waals surface area contributed by atoms with Crippen molar-refractivity contribution >= 4 is 24.5 Å². The number of rotatable bonds is 12. The quantitative estimate of drug-likeness (QED) is 0.246. The van der Waals surface area contributed by atoms with Crippen LogP contribution in [0.5, 0.6) is 0 Å². The van der Waals surface area contributed by atoms with Crippen LogP contribution in [0.2, 0.25) is 0 Å². The Bertz CT molecular complexity index is 1090. The van der Waals surface area contributed by atoms with E-state index >= 15 is 0 Å². The van der Waals surface area contributed by atoms with Crippen molar-refractivity contribution in [1.82, 2.24) is 10.9 Å². The molecule has 0 bridgehead atoms. The van der Waals surface area contributed by atoms with Gasteiger partial charge in [0.1, 0.15) is 0 Å². The van der Waals surface area contributed by atoms with E-state index in [1.165, 1.54) is 44.5 Å². The van der Waals surface area contributed by atoms with E-state index in [1.807, 2.05) is 0 Å². The second-order valence-electron chi connectivity index (χ2n) is 8.90. The van der Waals surface area contributed by atoms with Gasteiger partial charge < -0.3 is 11.5 Å². The fourth-order valence-corrected chi connectivity index (χ4v) is 5.13. The van der Waals surface area contributed by atoms with Crippen molar-refractivity contribution in [3.8, 4) is 0 Å². The molecular weight excluding hydrogens is 464 g/mol. The predicted molar refractivity (Wildman–Crippen MR) is 153 cm³/mol. The van der Waals surface area contributed by atoms with Crippen molar-refractivity contribution in [2.24, 2.45) is 21.7 Å². The number of urea groups is 2. The van der Waals surface area contributed by atoms with Crippen LogP contribution >= 0.6 is 0 Å². The van der Waals surface area contributed by atoms with Gasteiger partial charge in [0, 0.05) is 11.1 Å².